The van der Waals surface area contributed by atoms with Gasteiger partial charge in [0, 0.05) is 18.6 Å². The summed E-state index contributed by atoms with van der Waals surface area (Å²) in [4.78, 5) is 30.4. The second kappa shape index (κ2) is 6.76. The summed E-state index contributed by atoms with van der Waals surface area (Å²) in [6, 6.07) is 2.62. The second-order valence-electron chi connectivity index (χ2n) is 3.85. The summed E-state index contributed by atoms with van der Waals surface area (Å²) in [5, 5.41) is 10.8. The van der Waals surface area contributed by atoms with E-state index >= 15 is 0 Å². The number of rotatable bonds is 5. The summed E-state index contributed by atoms with van der Waals surface area (Å²) in [5.74, 6) is -0.0379. The third-order valence-corrected chi connectivity index (χ3v) is 2.93. The van der Waals surface area contributed by atoms with Crippen molar-refractivity contribution in [3.8, 4) is 11.6 Å². The lowest BCUT2D eigenvalue weighted by Gasteiger charge is -2.09. The van der Waals surface area contributed by atoms with Crippen molar-refractivity contribution in [1.82, 2.24) is 14.3 Å². The van der Waals surface area contributed by atoms with E-state index in [1.807, 2.05) is 0 Å². The van der Waals surface area contributed by atoms with Crippen molar-refractivity contribution in [3.05, 3.63) is 22.2 Å². The van der Waals surface area contributed by atoms with Gasteiger partial charge in [0.1, 0.15) is 11.3 Å². The molecule has 22 heavy (non-hydrogen) atoms. The number of nitrogens with zero attached hydrogens (tertiary/aromatic N) is 5. The van der Waals surface area contributed by atoms with Gasteiger partial charge in [0.15, 0.2) is 5.76 Å². The first-order valence-electron chi connectivity index (χ1n) is 6.03. The molecule has 0 unspecified atom stereocenters. The van der Waals surface area contributed by atoms with Crippen LogP contribution in [0.25, 0.3) is 11.6 Å². The van der Waals surface area contributed by atoms with E-state index in [2.05, 4.69) is 14.3 Å². The van der Waals surface area contributed by atoms with Crippen LogP contribution in [0.15, 0.2) is 21.5 Å². The Labute approximate surface area is 128 Å². The number of carbonyl (C=O) groups is 1. The van der Waals surface area contributed by atoms with Gasteiger partial charge >= 0.3 is 12.0 Å². The molecule has 0 N–H and O–H groups in total. The number of nitro groups is 1. The number of amides is 1. The van der Waals surface area contributed by atoms with Crippen LogP contribution in [0.3, 0.4) is 0 Å². The number of aromatic nitrogens is 2. The third kappa shape index (κ3) is 3.63. The molecule has 0 saturated carbocycles. The highest BCUT2D eigenvalue weighted by Crippen LogP contribution is 2.27. The van der Waals surface area contributed by atoms with Crippen LogP contribution < -0.4 is 0 Å². The molecule has 0 fully saturated rings. The van der Waals surface area contributed by atoms with Crippen molar-refractivity contribution in [1.29, 1.82) is 0 Å². The van der Waals surface area contributed by atoms with Crippen LogP contribution in [0.1, 0.15) is 6.92 Å². The summed E-state index contributed by atoms with van der Waals surface area (Å²) in [6.07, 6.45) is 0.699. The second-order valence-corrected chi connectivity index (χ2v) is 4.58. The normalized spacial score (nSPS) is 10.8. The largest absolute Gasteiger partial charge is 0.449 e. The molecule has 0 saturated heterocycles. The zero-order chi connectivity index (χ0) is 16.1. The van der Waals surface area contributed by atoms with Crippen LogP contribution in [-0.4, -0.2) is 45.3 Å². The molecule has 0 atom stereocenters. The molecule has 0 spiro atoms. The molecule has 0 aliphatic heterocycles. The van der Waals surface area contributed by atoms with Crippen molar-refractivity contribution in [2.24, 2.45) is 4.99 Å². The fourth-order valence-corrected chi connectivity index (χ4v) is 1.84. The molecule has 0 aliphatic carbocycles. The van der Waals surface area contributed by atoms with E-state index in [1.54, 1.807) is 6.92 Å². The summed E-state index contributed by atoms with van der Waals surface area (Å²) >= 11 is 0.961. The minimum Gasteiger partial charge on any atom is -0.449 e. The van der Waals surface area contributed by atoms with Gasteiger partial charge in [-0.15, -0.1) is 0 Å². The number of hydrogen-bond donors (Lipinski definition) is 0. The van der Waals surface area contributed by atoms with Gasteiger partial charge in [0.2, 0.25) is 11.0 Å². The van der Waals surface area contributed by atoms with Gasteiger partial charge < -0.3 is 9.15 Å². The molecular formula is C11H11N5O5S. The zero-order valence-corrected chi connectivity index (χ0v) is 12.4. The lowest BCUT2D eigenvalue weighted by Crippen LogP contribution is -2.25. The molecular weight excluding hydrogens is 314 g/mol. The molecule has 0 aromatic carbocycles. The monoisotopic (exact) mass is 325 g/mol. The van der Waals surface area contributed by atoms with Crippen molar-refractivity contribution in [3.63, 3.8) is 0 Å². The molecule has 2 aromatic heterocycles. The molecule has 2 aromatic rings. The van der Waals surface area contributed by atoms with Crippen LogP contribution in [0.4, 0.5) is 15.8 Å². The average molecular weight is 325 g/mol. The lowest BCUT2D eigenvalue weighted by molar-refractivity contribution is -0.401. The molecule has 0 radical (unpaired) electrons. The van der Waals surface area contributed by atoms with Crippen molar-refractivity contribution in [2.75, 3.05) is 13.7 Å². The summed E-state index contributed by atoms with van der Waals surface area (Å²) < 4.78 is 13.7. The molecule has 11 heteroatoms. The van der Waals surface area contributed by atoms with Gasteiger partial charge in [0.25, 0.3) is 0 Å². The SMILES string of the molecule is CCOC(=O)N(C)C=Nc1nc(-c2ccc([N+](=O)[O-])o2)ns1. The first-order chi connectivity index (χ1) is 10.5. The van der Waals surface area contributed by atoms with Gasteiger partial charge in [-0.1, -0.05) is 0 Å². The number of hydrogen-bond acceptors (Lipinski definition) is 9. The van der Waals surface area contributed by atoms with Crippen LogP contribution >= 0.6 is 11.5 Å². The zero-order valence-electron chi connectivity index (χ0n) is 11.6. The molecule has 1 amide bonds. The highest BCUT2D eigenvalue weighted by Gasteiger charge is 2.16. The summed E-state index contributed by atoms with van der Waals surface area (Å²) in [6.45, 7) is 1.96. The fraction of sp³-hybridized carbons (Fsp3) is 0.273. The van der Waals surface area contributed by atoms with Gasteiger partial charge in [-0.05, 0) is 13.0 Å². The van der Waals surface area contributed by atoms with E-state index in [4.69, 9.17) is 9.15 Å². The number of aliphatic imine (C=N–C) groups is 1. The van der Waals surface area contributed by atoms with Gasteiger partial charge in [-0.2, -0.15) is 9.36 Å². The Morgan fingerprint density at radius 2 is 2.41 bits per heavy atom. The fourth-order valence-electron chi connectivity index (χ4n) is 1.32. The molecule has 10 nitrogen and oxygen atoms in total. The van der Waals surface area contributed by atoms with Crippen molar-refractivity contribution >= 4 is 35.0 Å². The molecule has 0 aliphatic rings. The molecule has 2 rings (SSSR count). The lowest BCUT2D eigenvalue weighted by atomic mass is 10.4. The Kier molecular flexibility index (Phi) is 4.78. The maximum Gasteiger partial charge on any atom is 0.433 e. The van der Waals surface area contributed by atoms with Crippen LogP contribution in [0.5, 0.6) is 0 Å². The van der Waals surface area contributed by atoms with Crippen molar-refractivity contribution in [2.45, 2.75) is 6.92 Å². The van der Waals surface area contributed by atoms with Gasteiger partial charge in [-0.25, -0.2) is 9.79 Å². The Bertz CT molecular complexity index is 709. The number of ether oxygens (including phenoxy) is 1. The highest BCUT2D eigenvalue weighted by atomic mass is 32.1. The molecule has 2 heterocycles. The Morgan fingerprint density at radius 1 is 1.64 bits per heavy atom. The smallest absolute Gasteiger partial charge is 0.433 e. The van der Waals surface area contributed by atoms with Gasteiger partial charge in [0.05, 0.1) is 12.7 Å². The van der Waals surface area contributed by atoms with Crippen molar-refractivity contribution < 1.29 is 18.9 Å². The topological polar surface area (TPSA) is 124 Å². The van der Waals surface area contributed by atoms with Gasteiger partial charge in [-0.3, -0.25) is 15.0 Å². The van der Waals surface area contributed by atoms with E-state index in [0.717, 1.165) is 16.4 Å². The van der Waals surface area contributed by atoms with Crippen LogP contribution in [-0.2, 0) is 4.74 Å². The summed E-state index contributed by atoms with van der Waals surface area (Å²) in [5.41, 5.74) is 0. The predicted molar refractivity (Wildman–Crippen MR) is 77.2 cm³/mol. The van der Waals surface area contributed by atoms with Crippen LogP contribution in [0, 0.1) is 10.1 Å². The van der Waals surface area contributed by atoms with E-state index in [9.17, 15) is 14.9 Å². The highest BCUT2D eigenvalue weighted by molar-refractivity contribution is 7.09. The third-order valence-electron chi connectivity index (χ3n) is 2.30. The number of carbonyl (C=O) groups excluding carboxylic acids is 1. The Balaban J connectivity index is 2.07. The van der Waals surface area contributed by atoms with E-state index in [-0.39, 0.29) is 23.3 Å². The standard InChI is InChI=1S/C11H11N5O5S/c1-3-20-11(17)15(2)6-12-10-13-9(14-22-10)7-4-5-8(21-7)16(18)19/h4-6H,3H2,1-2H3. The molecule has 116 valence electrons. The Morgan fingerprint density at radius 3 is 3.05 bits per heavy atom. The Hall–Kier alpha value is -2.82. The van der Waals surface area contributed by atoms with E-state index < -0.39 is 16.9 Å². The van der Waals surface area contributed by atoms with E-state index in [1.165, 1.54) is 25.5 Å². The first kappa shape index (κ1) is 15.6. The molecule has 0 bridgehead atoms. The summed E-state index contributed by atoms with van der Waals surface area (Å²) in [7, 11) is 1.49. The average Bonchev–Trinajstić information content (AvgIpc) is 3.13. The maximum absolute atomic E-state index is 11.4. The first-order valence-corrected chi connectivity index (χ1v) is 6.80. The van der Waals surface area contributed by atoms with E-state index in [0.29, 0.717) is 0 Å². The predicted octanol–water partition coefficient (Wildman–Crippen LogP) is 2.45. The van der Waals surface area contributed by atoms with Crippen LogP contribution in [0.2, 0.25) is 0 Å². The quantitative estimate of drug-likeness (QED) is 0.358. The minimum absolute atomic E-state index is 0.170. The number of furan rings is 1. The minimum atomic E-state index is -0.650. The maximum atomic E-state index is 11.4.